The van der Waals surface area contributed by atoms with Gasteiger partial charge < -0.3 is 19.9 Å². The van der Waals surface area contributed by atoms with Crippen LogP contribution in [-0.2, 0) is 0 Å². The third-order valence-electron chi connectivity index (χ3n) is 8.40. The molecule has 2 aliphatic rings. The van der Waals surface area contributed by atoms with E-state index in [-0.39, 0.29) is 6.04 Å². The Balaban J connectivity index is 1.40. The maximum atomic E-state index is 5.80. The van der Waals surface area contributed by atoms with E-state index in [0.29, 0.717) is 12.4 Å². The van der Waals surface area contributed by atoms with Crippen molar-refractivity contribution in [2.24, 2.45) is 9.98 Å². The number of aryl methyl sites for hydroxylation is 1. The minimum absolute atomic E-state index is 0.195. The van der Waals surface area contributed by atoms with E-state index in [9.17, 15) is 0 Å². The van der Waals surface area contributed by atoms with Crippen LogP contribution >= 0.6 is 0 Å². The van der Waals surface area contributed by atoms with Crippen molar-refractivity contribution in [1.29, 1.82) is 0 Å². The lowest BCUT2D eigenvalue weighted by atomic mass is 9.93. The van der Waals surface area contributed by atoms with Gasteiger partial charge in [-0.15, -0.1) is 0 Å². The van der Waals surface area contributed by atoms with E-state index >= 15 is 0 Å². The molecule has 0 radical (unpaired) electrons. The number of aromatic nitrogens is 2. The zero-order valence-corrected chi connectivity index (χ0v) is 26.1. The van der Waals surface area contributed by atoms with Gasteiger partial charge in [-0.3, -0.25) is 0 Å². The Labute approximate surface area is 264 Å². The van der Waals surface area contributed by atoms with Crippen LogP contribution in [0.2, 0.25) is 0 Å². The summed E-state index contributed by atoms with van der Waals surface area (Å²) >= 11 is 0. The van der Waals surface area contributed by atoms with Gasteiger partial charge in [-0.2, -0.15) is 5.10 Å². The lowest BCUT2D eigenvalue weighted by Gasteiger charge is -2.40. The van der Waals surface area contributed by atoms with Gasteiger partial charge in [-0.05, 0) is 93.9 Å². The predicted molar refractivity (Wildman–Crippen MR) is 184 cm³/mol. The standard InChI is InChI=1S/C37H37N7O/c1-5-42(6-2)28-21-19-27(20-22-28)38-35-37-40-36-33(25(4)41-44(36)29-13-9-8-10-14-29)34(26-17-23-30(24-18-26)45-7-3)43(37)32-16-12-11-15-31(32)39-35/h8-24,34H,5-7H2,1-4H3,(H,38,39)/t34-/m1/s1. The molecule has 1 N–H and O–H groups in total. The number of para-hydroxylation sites is 3. The van der Waals surface area contributed by atoms with Crippen LogP contribution in [0.3, 0.4) is 0 Å². The van der Waals surface area contributed by atoms with Crippen LogP contribution < -0.4 is 19.9 Å². The summed E-state index contributed by atoms with van der Waals surface area (Å²) in [5.74, 6) is 3.07. The summed E-state index contributed by atoms with van der Waals surface area (Å²) in [6.45, 7) is 11.0. The molecular formula is C37H37N7O. The van der Waals surface area contributed by atoms with E-state index in [1.165, 1.54) is 5.69 Å². The Kier molecular flexibility index (Phi) is 7.55. The van der Waals surface area contributed by atoms with Crippen LogP contribution in [0, 0.1) is 6.92 Å². The molecule has 8 heteroatoms. The van der Waals surface area contributed by atoms with E-state index in [1.807, 2.05) is 48.0 Å². The highest BCUT2D eigenvalue weighted by Crippen LogP contribution is 2.48. The molecule has 45 heavy (non-hydrogen) atoms. The molecule has 8 nitrogen and oxygen atoms in total. The Bertz CT molecular complexity index is 1870. The Hall–Kier alpha value is -5.37. The number of amidine groups is 2. The Morgan fingerprint density at radius 2 is 1.51 bits per heavy atom. The summed E-state index contributed by atoms with van der Waals surface area (Å²) in [5.41, 5.74) is 8.08. The van der Waals surface area contributed by atoms with Gasteiger partial charge in [0.1, 0.15) is 5.75 Å². The van der Waals surface area contributed by atoms with Gasteiger partial charge in [0.2, 0.25) is 0 Å². The normalized spacial score (nSPS) is 14.9. The molecule has 2 aliphatic heterocycles. The third kappa shape index (κ3) is 5.12. The molecule has 0 unspecified atom stereocenters. The number of nitrogens with zero attached hydrogens (tertiary/aromatic N) is 6. The first-order chi connectivity index (χ1) is 22.1. The highest BCUT2D eigenvalue weighted by Gasteiger charge is 2.41. The average molecular weight is 596 g/mol. The Morgan fingerprint density at radius 3 is 2.22 bits per heavy atom. The van der Waals surface area contributed by atoms with Crippen LogP contribution in [0.4, 0.5) is 28.6 Å². The first-order valence-electron chi connectivity index (χ1n) is 15.6. The van der Waals surface area contributed by atoms with Crippen molar-refractivity contribution < 1.29 is 4.74 Å². The fourth-order valence-corrected chi connectivity index (χ4v) is 6.26. The lowest BCUT2D eigenvalue weighted by Crippen LogP contribution is -2.46. The van der Waals surface area contributed by atoms with E-state index in [4.69, 9.17) is 19.8 Å². The summed E-state index contributed by atoms with van der Waals surface area (Å²) in [4.78, 5) is 15.1. The van der Waals surface area contributed by atoms with Crippen LogP contribution in [-0.4, -0.2) is 41.1 Å². The van der Waals surface area contributed by atoms with Gasteiger partial charge >= 0.3 is 0 Å². The fraction of sp³-hybridized carbons (Fsp3) is 0.216. The molecule has 1 atom stereocenters. The number of rotatable bonds is 8. The van der Waals surface area contributed by atoms with Crippen molar-refractivity contribution in [3.63, 3.8) is 0 Å². The molecule has 4 aromatic carbocycles. The minimum Gasteiger partial charge on any atom is -0.494 e. The quantitative estimate of drug-likeness (QED) is 0.196. The Morgan fingerprint density at radius 1 is 0.800 bits per heavy atom. The van der Waals surface area contributed by atoms with Crippen LogP contribution in [0.25, 0.3) is 5.69 Å². The third-order valence-corrected chi connectivity index (χ3v) is 8.40. The first kappa shape index (κ1) is 28.4. The van der Waals surface area contributed by atoms with Gasteiger partial charge in [0, 0.05) is 30.0 Å². The summed E-state index contributed by atoms with van der Waals surface area (Å²) in [6.07, 6.45) is 0. The van der Waals surface area contributed by atoms with Crippen molar-refractivity contribution in [3.05, 3.63) is 120 Å². The molecule has 0 aliphatic carbocycles. The molecule has 0 bridgehead atoms. The van der Waals surface area contributed by atoms with E-state index in [2.05, 4.69) is 103 Å². The number of aliphatic imine (C=N–C) groups is 2. The second-order valence-electron chi connectivity index (χ2n) is 11.1. The van der Waals surface area contributed by atoms with Gasteiger partial charge in [-0.25, -0.2) is 14.7 Å². The van der Waals surface area contributed by atoms with Gasteiger partial charge in [0.25, 0.3) is 0 Å². The highest BCUT2D eigenvalue weighted by molar-refractivity contribution is 6.51. The number of fused-ring (bicyclic) bond motifs is 4. The smallest absolute Gasteiger partial charge is 0.179 e. The van der Waals surface area contributed by atoms with Gasteiger partial charge in [0.05, 0.1) is 35.4 Å². The number of anilines is 3. The van der Waals surface area contributed by atoms with E-state index in [1.54, 1.807) is 0 Å². The highest BCUT2D eigenvalue weighted by atomic mass is 16.5. The number of hydrogen-bond acceptors (Lipinski definition) is 7. The lowest BCUT2D eigenvalue weighted by molar-refractivity contribution is 0.340. The van der Waals surface area contributed by atoms with Crippen molar-refractivity contribution in [1.82, 2.24) is 9.78 Å². The number of nitrogens with one attached hydrogen (secondary N) is 1. The molecule has 0 fully saturated rings. The molecular weight excluding hydrogens is 558 g/mol. The van der Waals surface area contributed by atoms with E-state index in [0.717, 1.165) is 70.1 Å². The molecule has 5 aromatic rings. The molecule has 7 rings (SSSR count). The second kappa shape index (κ2) is 12.0. The maximum Gasteiger partial charge on any atom is 0.179 e. The second-order valence-corrected chi connectivity index (χ2v) is 11.1. The summed E-state index contributed by atoms with van der Waals surface area (Å²) in [7, 11) is 0. The molecule has 0 saturated heterocycles. The monoisotopic (exact) mass is 595 g/mol. The number of hydrogen-bond donors (Lipinski definition) is 1. The van der Waals surface area contributed by atoms with Gasteiger partial charge in [0.15, 0.2) is 17.5 Å². The SMILES string of the molecule is CCOc1ccc([C@@H]2c3c(C)nn(-c4ccccc4)c3N=C3C(Nc4ccc(N(CC)CC)cc4)=Nc4ccccc4N32)cc1. The molecule has 3 heterocycles. The summed E-state index contributed by atoms with van der Waals surface area (Å²) in [6, 6.07) is 35.2. The molecule has 1 aromatic heterocycles. The number of ether oxygens (including phenoxy) is 1. The average Bonchev–Trinajstić information content (AvgIpc) is 3.42. The summed E-state index contributed by atoms with van der Waals surface area (Å²) in [5, 5.41) is 8.67. The molecule has 0 saturated carbocycles. The van der Waals surface area contributed by atoms with E-state index < -0.39 is 0 Å². The summed E-state index contributed by atoms with van der Waals surface area (Å²) < 4.78 is 7.75. The molecule has 0 spiro atoms. The largest absolute Gasteiger partial charge is 0.494 e. The van der Waals surface area contributed by atoms with Crippen LogP contribution in [0.1, 0.15) is 43.6 Å². The minimum atomic E-state index is -0.195. The van der Waals surface area contributed by atoms with Crippen molar-refractivity contribution in [2.75, 3.05) is 34.8 Å². The fourth-order valence-electron chi connectivity index (χ4n) is 6.26. The molecule has 226 valence electrons. The zero-order chi connectivity index (χ0) is 30.9. The maximum absolute atomic E-state index is 5.80. The topological polar surface area (TPSA) is 70.3 Å². The first-order valence-corrected chi connectivity index (χ1v) is 15.6. The molecule has 0 amide bonds. The van der Waals surface area contributed by atoms with Crippen molar-refractivity contribution in [3.8, 4) is 11.4 Å². The van der Waals surface area contributed by atoms with Crippen molar-refractivity contribution in [2.45, 2.75) is 33.7 Å². The predicted octanol–water partition coefficient (Wildman–Crippen LogP) is 8.22. The van der Waals surface area contributed by atoms with Gasteiger partial charge in [-0.1, -0.05) is 42.5 Å². The van der Waals surface area contributed by atoms with Crippen LogP contribution in [0.15, 0.2) is 113 Å². The number of benzene rings is 4. The van der Waals surface area contributed by atoms with Crippen LogP contribution in [0.5, 0.6) is 5.75 Å². The van der Waals surface area contributed by atoms with Crippen molar-refractivity contribution >= 4 is 40.2 Å². The zero-order valence-electron chi connectivity index (χ0n) is 26.1.